The Kier molecular flexibility index (Phi) is 25.8. The van der Waals surface area contributed by atoms with Crippen molar-refractivity contribution in [1.29, 1.82) is 0 Å². The molecule has 0 aliphatic rings. The van der Waals surface area contributed by atoms with Crippen LogP contribution >= 0.6 is 15.6 Å². The molecular weight excluding hydrogens is 754 g/mol. The summed E-state index contributed by atoms with van der Waals surface area (Å²) in [4.78, 5) is 34.0. The molecular formula is C26H32CuF12N4O2P2. The third kappa shape index (κ3) is 166. The number of halogens is 12. The second-order valence-corrected chi connectivity index (χ2v) is 11.7. The van der Waals surface area contributed by atoms with E-state index in [4.69, 9.17) is 0 Å². The molecule has 273 valence electrons. The Morgan fingerprint density at radius 3 is 0.447 bits per heavy atom. The average molecular weight is 786 g/mol. The molecule has 0 atom stereocenters. The Hall–Kier alpha value is -3.52. The molecule has 0 fully saturated rings. The molecule has 0 saturated heterocycles. The van der Waals surface area contributed by atoms with Crippen LogP contribution in [0.1, 0.15) is 27.7 Å². The van der Waals surface area contributed by atoms with Gasteiger partial charge in [-0.15, -0.1) is 0 Å². The maximum atomic E-state index is 9.87. The van der Waals surface area contributed by atoms with Gasteiger partial charge in [0.15, 0.2) is 0 Å². The van der Waals surface area contributed by atoms with Gasteiger partial charge < -0.3 is 9.59 Å². The summed E-state index contributed by atoms with van der Waals surface area (Å²) in [5.41, 5.74) is 0. The zero-order chi connectivity index (χ0) is 36.9. The maximum Gasteiger partial charge on any atom is 2.00 e. The first-order valence-electron chi connectivity index (χ1n) is 11.8. The summed E-state index contributed by atoms with van der Waals surface area (Å²) in [5, 5.41) is 0. The first-order chi connectivity index (χ1) is 20.4. The summed E-state index contributed by atoms with van der Waals surface area (Å²) in [6.45, 7) is 6.11. The van der Waals surface area contributed by atoms with Crippen molar-refractivity contribution in [1.82, 2.24) is 19.9 Å². The molecule has 0 aliphatic carbocycles. The van der Waals surface area contributed by atoms with Crippen molar-refractivity contribution < 1.29 is 77.0 Å². The van der Waals surface area contributed by atoms with Crippen LogP contribution in [0.2, 0.25) is 0 Å². The van der Waals surface area contributed by atoms with E-state index >= 15 is 0 Å². The SMILES string of the molecule is CC(C)=O.CC(C)=O.F[P-](F)(F)(F)(F)F.F[P-](F)(F)(F)(F)F.[Cu+2].c1ccncc1.c1ccncc1.c1ccncc1.c1ccncc1. The van der Waals surface area contributed by atoms with E-state index in [1.54, 1.807) is 49.6 Å². The number of nitrogens with zero attached hydrogens (tertiary/aromatic N) is 4. The number of hydrogen-bond donors (Lipinski definition) is 0. The molecule has 21 heteroatoms. The van der Waals surface area contributed by atoms with Crippen LogP contribution < -0.4 is 0 Å². The molecule has 0 unspecified atom stereocenters. The molecule has 6 nitrogen and oxygen atoms in total. The first-order valence-corrected chi connectivity index (χ1v) is 15.9. The monoisotopic (exact) mass is 785 g/mol. The number of Topliss-reactive ketones (excluding diaryl/α,β-unsaturated/α-hetero) is 2. The molecule has 0 spiro atoms. The second-order valence-electron chi connectivity index (χ2n) is 7.83. The fraction of sp³-hybridized carbons (Fsp3) is 0.154. The normalized spacial score (nSPS) is 12.1. The van der Waals surface area contributed by atoms with Crippen LogP contribution in [0.5, 0.6) is 0 Å². The molecule has 0 amide bonds. The zero-order valence-electron chi connectivity index (χ0n) is 24.9. The van der Waals surface area contributed by atoms with E-state index < -0.39 is 15.6 Å². The van der Waals surface area contributed by atoms with Crippen molar-refractivity contribution in [3.63, 3.8) is 0 Å². The van der Waals surface area contributed by atoms with E-state index in [1.165, 1.54) is 27.7 Å². The van der Waals surface area contributed by atoms with Gasteiger partial charge in [-0.1, -0.05) is 24.3 Å². The van der Waals surface area contributed by atoms with E-state index in [0.29, 0.717) is 0 Å². The van der Waals surface area contributed by atoms with Gasteiger partial charge in [-0.25, -0.2) is 0 Å². The predicted molar refractivity (Wildman–Crippen MR) is 157 cm³/mol. The summed E-state index contributed by atoms with van der Waals surface area (Å²) >= 11 is 0. The molecule has 4 heterocycles. The van der Waals surface area contributed by atoms with Crippen LogP contribution in [-0.2, 0) is 26.7 Å². The van der Waals surface area contributed by atoms with E-state index in [9.17, 15) is 60.0 Å². The summed E-state index contributed by atoms with van der Waals surface area (Å²) < 4.78 is 118. The molecule has 0 N–H and O–H groups in total. The standard InChI is InChI=1S/4C5H5N.2C3H6O.Cu.2F6P/c4*1-2-4-6-5-3-1;2*1-3(2)4;;2*1-7(2,3,4,5)6/h4*1-5H;2*1-2H3;;;/q;;;;;;+2;2*-1. The van der Waals surface area contributed by atoms with Gasteiger partial charge in [-0.2, -0.15) is 0 Å². The van der Waals surface area contributed by atoms with E-state index in [-0.39, 0.29) is 28.6 Å². The van der Waals surface area contributed by atoms with Gasteiger partial charge in [-0.05, 0) is 76.2 Å². The van der Waals surface area contributed by atoms with E-state index in [2.05, 4.69) is 19.9 Å². The Balaban J connectivity index is -0.000000143. The van der Waals surface area contributed by atoms with Crippen molar-refractivity contribution in [3.05, 3.63) is 122 Å². The third-order valence-corrected chi connectivity index (χ3v) is 2.27. The predicted octanol–water partition coefficient (Wildman–Crippen LogP) is 12.3. The average Bonchev–Trinajstić information content (AvgIpc) is 2.90. The van der Waals surface area contributed by atoms with E-state index in [0.717, 1.165) is 0 Å². The van der Waals surface area contributed by atoms with Crippen LogP contribution in [0.25, 0.3) is 0 Å². The largest absolute Gasteiger partial charge is 2.00 e. The van der Waals surface area contributed by atoms with Crippen molar-refractivity contribution in [2.75, 3.05) is 0 Å². The fourth-order valence-electron chi connectivity index (χ4n) is 1.25. The number of carbonyl (C=O) groups excluding carboxylic acids is 2. The van der Waals surface area contributed by atoms with Crippen molar-refractivity contribution in [2.24, 2.45) is 0 Å². The summed E-state index contributed by atoms with van der Waals surface area (Å²) in [7, 11) is -21.3. The number of carbonyl (C=O) groups is 2. The molecule has 0 aliphatic heterocycles. The van der Waals surface area contributed by atoms with Gasteiger partial charge in [0, 0.05) is 49.6 Å². The van der Waals surface area contributed by atoms with E-state index in [1.807, 2.05) is 72.8 Å². The van der Waals surface area contributed by atoms with Crippen LogP contribution in [0, 0.1) is 0 Å². The Labute approximate surface area is 274 Å². The van der Waals surface area contributed by atoms with Crippen molar-refractivity contribution >= 4 is 27.2 Å². The minimum Gasteiger partial charge on any atom is -0.265 e. The Morgan fingerprint density at radius 1 is 0.340 bits per heavy atom. The molecule has 4 rings (SSSR count). The Bertz CT molecular complexity index is 979. The smallest absolute Gasteiger partial charge is 0.265 e. The molecule has 0 saturated carbocycles. The van der Waals surface area contributed by atoms with Crippen molar-refractivity contribution in [3.8, 4) is 0 Å². The maximum absolute atomic E-state index is 10.7. The van der Waals surface area contributed by atoms with Gasteiger partial charge in [0.1, 0.15) is 11.6 Å². The van der Waals surface area contributed by atoms with Crippen molar-refractivity contribution in [2.45, 2.75) is 27.7 Å². The molecule has 4 aromatic rings. The van der Waals surface area contributed by atoms with Gasteiger partial charge >= 0.3 is 83.0 Å². The molecule has 1 radical (unpaired) electrons. The van der Waals surface area contributed by atoms with Gasteiger partial charge in [-0.3, -0.25) is 19.9 Å². The molecule has 0 bridgehead atoms. The topological polar surface area (TPSA) is 85.7 Å². The molecule has 4 aromatic heterocycles. The number of rotatable bonds is 0. The van der Waals surface area contributed by atoms with Gasteiger partial charge in [0.05, 0.1) is 0 Å². The number of aromatic nitrogens is 4. The Morgan fingerprint density at radius 2 is 0.426 bits per heavy atom. The minimum atomic E-state index is -10.7. The quantitative estimate of drug-likeness (QED) is 0.100. The van der Waals surface area contributed by atoms with Crippen LogP contribution in [-0.4, -0.2) is 31.5 Å². The second kappa shape index (κ2) is 22.9. The first kappa shape index (κ1) is 53.0. The fourth-order valence-corrected chi connectivity index (χ4v) is 1.25. The number of hydrogen-bond acceptors (Lipinski definition) is 6. The molecule has 0 aromatic carbocycles. The number of ketones is 2. The summed E-state index contributed by atoms with van der Waals surface area (Å²) in [6, 6.07) is 22.9. The van der Waals surface area contributed by atoms with Crippen LogP contribution in [0.3, 0.4) is 0 Å². The zero-order valence-corrected chi connectivity index (χ0v) is 27.6. The molecule has 47 heavy (non-hydrogen) atoms. The number of pyridine rings is 4. The third-order valence-electron chi connectivity index (χ3n) is 2.27. The summed E-state index contributed by atoms with van der Waals surface area (Å²) in [5.74, 6) is 0.333. The summed E-state index contributed by atoms with van der Waals surface area (Å²) in [6.07, 6.45) is 14.0. The van der Waals surface area contributed by atoms with Crippen LogP contribution in [0.4, 0.5) is 50.4 Å². The van der Waals surface area contributed by atoms with Gasteiger partial charge in [0.25, 0.3) is 0 Å². The van der Waals surface area contributed by atoms with Crippen LogP contribution in [0.15, 0.2) is 122 Å². The van der Waals surface area contributed by atoms with Gasteiger partial charge in [0.2, 0.25) is 0 Å². The minimum absolute atomic E-state index is 0.